The Bertz CT molecular complexity index is 769. The van der Waals surface area contributed by atoms with Crippen molar-refractivity contribution in [1.82, 2.24) is 14.9 Å². The van der Waals surface area contributed by atoms with Crippen LogP contribution in [0.1, 0.15) is 23.2 Å². The molecule has 0 N–H and O–H groups in total. The second-order valence-electron chi connectivity index (χ2n) is 6.07. The number of carbonyl (C=O) groups is 1. The Balaban J connectivity index is 1.70. The number of hydrogen-bond donors (Lipinski definition) is 0. The van der Waals surface area contributed by atoms with Crippen molar-refractivity contribution < 1.29 is 19.0 Å². The summed E-state index contributed by atoms with van der Waals surface area (Å²) in [4.78, 5) is 22.9. The van der Waals surface area contributed by atoms with Crippen molar-refractivity contribution in [3.63, 3.8) is 0 Å². The molecule has 0 spiro atoms. The Hall–Kier alpha value is -2.83. The Morgan fingerprint density at radius 1 is 1.15 bits per heavy atom. The molecule has 0 aliphatic carbocycles. The quantitative estimate of drug-likeness (QED) is 0.787. The highest BCUT2D eigenvalue weighted by Gasteiger charge is 2.22. The summed E-state index contributed by atoms with van der Waals surface area (Å²) in [6.07, 6.45) is 5.01. The average molecular weight is 357 g/mol. The molecule has 26 heavy (non-hydrogen) atoms. The average Bonchev–Trinajstić information content (AvgIpc) is 2.70. The van der Waals surface area contributed by atoms with E-state index in [2.05, 4.69) is 9.97 Å². The van der Waals surface area contributed by atoms with Gasteiger partial charge in [0.05, 0.1) is 27.0 Å². The first kappa shape index (κ1) is 18.0. The molecule has 0 fully saturated rings. The molecule has 0 bridgehead atoms. The highest BCUT2D eigenvalue weighted by molar-refractivity contribution is 5.77. The van der Waals surface area contributed by atoms with Gasteiger partial charge in [-0.2, -0.15) is 0 Å². The molecule has 3 rings (SSSR count). The molecule has 7 heteroatoms. The number of ether oxygens (including phenoxy) is 3. The van der Waals surface area contributed by atoms with Gasteiger partial charge in [0, 0.05) is 55.4 Å². The standard InChI is InChI=1S/C19H23N3O4/c1-24-14-8-17(25-2)15(18(9-14)26-3)4-5-19(23)22-7-6-16-13(11-22)10-20-12-21-16/h8-10,12H,4-7,11H2,1-3H3. The lowest BCUT2D eigenvalue weighted by Crippen LogP contribution is -2.36. The van der Waals surface area contributed by atoms with E-state index in [1.165, 1.54) is 0 Å². The molecule has 0 radical (unpaired) electrons. The second-order valence-corrected chi connectivity index (χ2v) is 6.07. The van der Waals surface area contributed by atoms with Crippen molar-refractivity contribution in [1.29, 1.82) is 0 Å². The number of amides is 1. The zero-order valence-electron chi connectivity index (χ0n) is 15.3. The van der Waals surface area contributed by atoms with Crippen LogP contribution in [0.25, 0.3) is 0 Å². The van der Waals surface area contributed by atoms with Crippen molar-refractivity contribution in [2.24, 2.45) is 0 Å². The van der Waals surface area contributed by atoms with Gasteiger partial charge in [0.15, 0.2) is 0 Å². The Morgan fingerprint density at radius 2 is 1.88 bits per heavy atom. The van der Waals surface area contributed by atoms with Crippen LogP contribution >= 0.6 is 0 Å². The van der Waals surface area contributed by atoms with Crippen LogP contribution in [0.2, 0.25) is 0 Å². The summed E-state index contributed by atoms with van der Waals surface area (Å²) < 4.78 is 16.2. The van der Waals surface area contributed by atoms with E-state index < -0.39 is 0 Å². The minimum atomic E-state index is 0.0967. The Labute approximate surface area is 152 Å². The molecule has 138 valence electrons. The van der Waals surface area contributed by atoms with Crippen LogP contribution in [0.5, 0.6) is 17.2 Å². The van der Waals surface area contributed by atoms with Gasteiger partial charge in [0.2, 0.25) is 5.91 Å². The number of fused-ring (bicyclic) bond motifs is 1. The predicted octanol–water partition coefficient (Wildman–Crippen LogP) is 2.02. The topological polar surface area (TPSA) is 73.8 Å². The summed E-state index contributed by atoms with van der Waals surface area (Å²) in [5.41, 5.74) is 2.92. The van der Waals surface area contributed by atoms with Crippen LogP contribution in [-0.2, 0) is 24.2 Å². The number of methoxy groups -OCH3 is 3. The SMILES string of the molecule is COc1cc(OC)c(CCC(=O)N2CCc3ncncc3C2)c(OC)c1. The van der Waals surface area contributed by atoms with Gasteiger partial charge in [-0.1, -0.05) is 0 Å². The van der Waals surface area contributed by atoms with E-state index in [1.807, 2.05) is 4.90 Å². The van der Waals surface area contributed by atoms with E-state index in [1.54, 1.807) is 46.0 Å². The molecule has 7 nitrogen and oxygen atoms in total. The van der Waals surface area contributed by atoms with Gasteiger partial charge in [0.1, 0.15) is 23.6 Å². The van der Waals surface area contributed by atoms with E-state index in [-0.39, 0.29) is 5.91 Å². The molecule has 0 unspecified atom stereocenters. The lowest BCUT2D eigenvalue weighted by molar-refractivity contribution is -0.132. The van der Waals surface area contributed by atoms with Crippen molar-refractivity contribution in [2.75, 3.05) is 27.9 Å². The number of nitrogens with zero attached hydrogens (tertiary/aromatic N) is 3. The van der Waals surface area contributed by atoms with Gasteiger partial charge in [-0.25, -0.2) is 9.97 Å². The molecule has 1 amide bonds. The fourth-order valence-corrected chi connectivity index (χ4v) is 3.19. The van der Waals surface area contributed by atoms with Crippen LogP contribution in [0, 0.1) is 0 Å². The largest absolute Gasteiger partial charge is 0.496 e. The van der Waals surface area contributed by atoms with Gasteiger partial charge in [-0.15, -0.1) is 0 Å². The van der Waals surface area contributed by atoms with Gasteiger partial charge >= 0.3 is 0 Å². The molecule has 0 atom stereocenters. The van der Waals surface area contributed by atoms with Crippen LogP contribution < -0.4 is 14.2 Å². The Kier molecular flexibility index (Phi) is 5.55. The van der Waals surface area contributed by atoms with E-state index in [0.29, 0.717) is 43.2 Å². The summed E-state index contributed by atoms with van der Waals surface area (Å²) in [6.45, 7) is 1.24. The lowest BCUT2D eigenvalue weighted by atomic mass is 10.0. The van der Waals surface area contributed by atoms with Crippen LogP contribution in [0.4, 0.5) is 0 Å². The van der Waals surface area contributed by atoms with Crippen molar-refractivity contribution >= 4 is 5.91 Å². The highest BCUT2D eigenvalue weighted by atomic mass is 16.5. The number of carbonyl (C=O) groups excluding carboxylic acids is 1. The minimum Gasteiger partial charge on any atom is -0.496 e. The minimum absolute atomic E-state index is 0.0967. The maximum Gasteiger partial charge on any atom is 0.223 e. The normalized spacial score (nSPS) is 13.1. The number of aromatic nitrogens is 2. The first-order valence-electron chi connectivity index (χ1n) is 8.50. The van der Waals surface area contributed by atoms with Gasteiger partial charge in [-0.3, -0.25) is 4.79 Å². The number of rotatable bonds is 6. The summed E-state index contributed by atoms with van der Waals surface area (Å²) >= 11 is 0. The third kappa shape index (κ3) is 3.71. The zero-order valence-corrected chi connectivity index (χ0v) is 15.3. The number of hydrogen-bond acceptors (Lipinski definition) is 6. The molecule has 2 heterocycles. The first-order chi connectivity index (χ1) is 12.7. The van der Waals surface area contributed by atoms with Crippen molar-refractivity contribution in [2.45, 2.75) is 25.8 Å². The van der Waals surface area contributed by atoms with Gasteiger partial charge in [0.25, 0.3) is 0 Å². The second kappa shape index (κ2) is 8.03. The fraction of sp³-hybridized carbons (Fsp3) is 0.421. The Morgan fingerprint density at radius 3 is 2.54 bits per heavy atom. The third-order valence-electron chi connectivity index (χ3n) is 4.62. The van der Waals surface area contributed by atoms with Crippen LogP contribution in [0.15, 0.2) is 24.7 Å². The molecule has 1 aliphatic heterocycles. The fourth-order valence-electron chi connectivity index (χ4n) is 3.19. The molecular weight excluding hydrogens is 334 g/mol. The molecule has 0 saturated heterocycles. The molecule has 1 aliphatic rings. The smallest absolute Gasteiger partial charge is 0.223 e. The summed E-state index contributed by atoms with van der Waals surface area (Å²) in [5, 5.41) is 0. The van der Waals surface area contributed by atoms with Gasteiger partial charge < -0.3 is 19.1 Å². The molecule has 0 saturated carbocycles. The molecule has 2 aromatic rings. The van der Waals surface area contributed by atoms with E-state index >= 15 is 0 Å². The summed E-state index contributed by atoms with van der Waals surface area (Å²) in [7, 11) is 4.79. The van der Waals surface area contributed by atoms with Gasteiger partial charge in [-0.05, 0) is 6.42 Å². The summed E-state index contributed by atoms with van der Waals surface area (Å²) in [6, 6.07) is 3.60. The van der Waals surface area contributed by atoms with Crippen molar-refractivity contribution in [3.05, 3.63) is 41.5 Å². The molecular formula is C19H23N3O4. The van der Waals surface area contributed by atoms with Crippen LogP contribution in [-0.4, -0.2) is 48.6 Å². The highest BCUT2D eigenvalue weighted by Crippen LogP contribution is 2.35. The lowest BCUT2D eigenvalue weighted by Gasteiger charge is -2.28. The number of benzene rings is 1. The third-order valence-corrected chi connectivity index (χ3v) is 4.62. The zero-order chi connectivity index (χ0) is 18.5. The molecule has 1 aromatic carbocycles. The monoisotopic (exact) mass is 357 g/mol. The summed E-state index contributed by atoms with van der Waals surface area (Å²) in [5.74, 6) is 2.07. The van der Waals surface area contributed by atoms with Crippen molar-refractivity contribution in [3.8, 4) is 17.2 Å². The molecule has 1 aromatic heterocycles. The first-order valence-corrected chi connectivity index (χ1v) is 8.50. The van der Waals surface area contributed by atoms with Crippen LogP contribution in [0.3, 0.4) is 0 Å². The predicted molar refractivity (Wildman–Crippen MR) is 95.6 cm³/mol. The maximum absolute atomic E-state index is 12.7. The van der Waals surface area contributed by atoms with E-state index in [0.717, 1.165) is 23.2 Å². The maximum atomic E-state index is 12.7. The van der Waals surface area contributed by atoms with E-state index in [9.17, 15) is 4.79 Å². The van der Waals surface area contributed by atoms with E-state index in [4.69, 9.17) is 14.2 Å².